The molecule has 4 N–H and O–H groups in total. The molecule has 0 bridgehead atoms. The number of hydroxylamine groups is 1. The lowest BCUT2D eigenvalue weighted by molar-refractivity contribution is -0.124. The number of imidazole rings is 1. The molecule has 0 spiro atoms. The van der Waals surface area contributed by atoms with E-state index in [0.29, 0.717) is 6.54 Å². The van der Waals surface area contributed by atoms with E-state index < -0.39 is 5.91 Å². The number of aryl methyl sites for hydroxylation is 1. The normalized spacial score (nSPS) is 16.6. The maximum Gasteiger partial charge on any atom is 0.267 e. The third kappa shape index (κ3) is 4.89. The van der Waals surface area contributed by atoms with Crippen LogP contribution >= 0.6 is 0 Å². The lowest BCUT2D eigenvalue weighted by Gasteiger charge is -2.22. The van der Waals surface area contributed by atoms with Gasteiger partial charge in [-0.2, -0.15) is 0 Å². The van der Waals surface area contributed by atoms with Crippen LogP contribution in [0.5, 0.6) is 0 Å². The quantitative estimate of drug-likeness (QED) is 0.263. The molecule has 0 saturated carbocycles. The Morgan fingerprint density at radius 2 is 2.26 bits per heavy atom. The summed E-state index contributed by atoms with van der Waals surface area (Å²) in [5.41, 5.74) is 5.08. The Kier molecular flexibility index (Phi) is 6.54. The SMILES string of the molecule is CCn1cnc2c(NCc3cccc(/C=C/C(=O)NO)c3)nc(C3CCCCN3)nc21. The number of hydrogen-bond acceptors (Lipinski definition) is 7. The summed E-state index contributed by atoms with van der Waals surface area (Å²) in [5.74, 6) is 0.957. The second-order valence-corrected chi connectivity index (χ2v) is 7.54. The summed E-state index contributed by atoms with van der Waals surface area (Å²) in [6, 6.07) is 7.95. The van der Waals surface area contributed by atoms with Crippen LogP contribution in [0.3, 0.4) is 0 Å². The molecule has 1 saturated heterocycles. The third-order valence-electron chi connectivity index (χ3n) is 5.39. The van der Waals surface area contributed by atoms with Crippen LogP contribution in [0.1, 0.15) is 49.2 Å². The second-order valence-electron chi connectivity index (χ2n) is 7.54. The first-order valence-corrected chi connectivity index (χ1v) is 10.6. The van der Waals surface area contributed by atoms with Gasteiger partial charge in [-0.25, -0.2) is 20.4 Å². The Labute approximate surface area is 180 Å². The van der Waals surface area contributed by atoms with Crippen molar-refractivity contribution in [2.45, 2.75) is 45.3 Å². The fraction of sp³-hybridized carbons (Fsp3) is 0.364. The van der Waals surface area contributed by atoms with Gasteiger partial charge in [0.15, 0.2) is 11.5 Å². The predicted octanol–water partition coefficient (Wildman–Crippen LogP) is 2.79. The average molecular weight is 422 g/mol. The van der Waals surface area contributed by atoms with E-state index in [2.05, 4.69) is 22.5 Å². The van der Waals surface area contributed by atoms with Crippen molar-refractivity contribution in [3.8, 4) is 0 Å². The molecule has 31 heavy (non-hydrogen) atoms. The van der Waals surface area contributed by atoms with E-state index >= 15 is 0 Å². The zero-order chi connectivity index (χ0) is 21.6. The highest BCUT2D eigenvalue weighted by molar-refractivity contribution is 5.90. The molecule has 162 valence electrons. The van der Waals surface area contributed by atoms with Crippen molar-refractivity contribution in [2.24, 2.45) is 0 Å². The highest BCUT2D eigenvalue weighted by Gasteiger charge is 2.21. The van der Waals surface area contributed by atoms with Gasteiger partial charge in [-0.05, 0) is 49.6 Å². The number of nitrogens with one attached hydrogen (secondary N) is 3. The Morgan fingerprint density at radius 3 is 3.03 bits per heavy atom. The van der Waals surface area contributed by atoms with Crippen molar-refractivity contribution in [2.75, 3.05) is 11.9 Å². The van der Waals surface area contributed by atoms with Gasteiger partial charge in [-0.15, -0.1) is 0 Å². The van der Waals surface area contributed by atoms with E-state index in [-0.39, 0.29) is 6.04 Å². The summed E-state index contributed by atoms with van der Waals surface area (Å²) >= 11 is 0. The van der Waals surface area contributed by atoms with Crippen molar-refractivity contribution < 1.29 is 10.0 Å². The summed E-state index contributed by atoms with van der Waals surface area (Å²) in [4.78, 5) is 25.4. The number of anilines is 1. The molecule has 1 fully saturated rings. The van der Waals surface area contributed by atoms with E-state index in [9.17, 15) is 4.79 Å². The molecule has 2 aromatic heterocycles. The minimum Gasteiger partial charge on any atom is -0.364 e. The van der Waals surface area contributed by atoms with Gasteiger partial charge in [0, 0.05) is 19.2 Å². The smallest absolute Gasteiger partial charge is 0.267 e. The van der Waals surface area contributed by atoms with Gasteiger partial charge >= 0.3 is 0 Å². The number of hydrogen-bond donors (Lipinski definition) is 4. The van der Waals surface area contributed by atoms with Crippen molar-refractivity contribution in [3.05, 3.63) is 53.6 Å². The predicted molar refractivity (Wildman–Crippen MR) is 118 cm³/mol. The fourth-order valence-corrected chi connectivity index (χ4v) is 3.75. The van der Waals surface area contributed by atoms with Crippen LogP contribution in [0, 0.1) is 0 Å². The average Bonchev–Trinajstić information content (AvgIpc) is 3.25. The van der Waals surface area contributed by atoms with E-state index in [0.717, 1.165) is 53.4 Å². The molecule has 0 radical (unpaired) electrons. The lowest BCUT2D eigenvalue weighted by Crippen LogP contribution is -2.28. The van der Waals surface area contributed by atoms with Crippen LogP contribution in [0.15, 0.2) is 36.7 Å². The molecule has 1 unspecified atom stereocenters. The summed E-state index contributed by atoms with van der Waals surface area (Å²) in [5, 5.41) is 15.6. The Hall–Kier alpha value is -3.30. The van der Waals surface area contributed by atoms with Crippen LogP contribution in [0.25, 0.3) is 17.2 Å². The van der Waals surface area contributed by atoms with Gasteiger partial charge in [0.1, 0.15) is 11.3 Å². The molecular formula is C22H27N7O2. The molecule has 3 aromatic rings. The molecule has 1 aliphatic heterocycles. The van der Waals surface area contributed by atoms with Gasteiger partial charge in [-0.1, -0.05) is 24.6 Å². The number of benzene rings is 1. The highest BCUT2D eigenvalue weighted by Crippen LogP contribution is 2.26. The van der Waals surface area contributed by atoms with E-state index in [1.165, 1.54) is 18.9 Å². The summed E-state index contributed by atoms with van der Waals surface area (Å²) in [7, 11) is 0. The molecule has 1 aliphatic rings. The standard InChI is InChI=1S/C22H27N7O2/c1-2-29-14-25-19-21(26-20(27-22(19)29)17-8-3-4-11-23-17)24-13-16-7-5-6-15(12-16)9-10-18(30)28-31/h5-7,9-10,12,14,17,23,31H,2-4,8,11,13H2,1H3,(H,28,30)(H,24,26,27)/b10-9+. The fourth-order valence-electron chi connectivity index (χ4n) is 3.75. The molecule has 3 heterocycles. The molecule has 1 amide bonds. The van der Waals surface area contributed by atoms with E-state index in [1.54, 1.807) is 17.9 Å². The van der Waals surface area contributed by atoms with Gasteiger partial charge < -0.3 is 15.2 Å². The van der Waals surface area contributed by atoms with Crippen LogP contribution in [0.4, 0.5) is 5.82 Å². The summed E-state index contributed by atoms with van der Waals surface area (Å²) in [6.45, 7) is 4.40. The molecular weight excluding hydrogens is 394 g/mol. The van der Waals surface area contributed by atoms with Gasteiger partial charge in [0.25, 0.3) is 5.91 Å². The number of nitrogens with zero attached hydrogens (tertiary/aromatic N) is 4. The van der Waals surface area contributed by atoms with Crippen molar-refractivity contribution in [3.63, 3.8) is 0 Å². The third-order valence-corrected chi connectivity index (χ3v) is 5.39. The topological polar surface area (TPSA) is 117 Å². The molecule has 1 aromatic carbocycles. The van der Waals surface area contributed by atoms with Crippen LogP contribution < -0.4 is 16.1 Å². The first kappa shape index (κ1) is 21.0. The van der Waals surface area contributed by atoms with Gasteiger partial charge in [0.2, 0.25) is 0 Å². The number of aromatic nitrogens is 4. The number of piperidine rings is 1. The number of carbonyl (C=O) groups is 1. The molecule has 4 rings (SSSR count). The minimum atomic E-state index is -0.567. The molecule has 9 heteroatoms. The summed E-state index contributed by atoms with van der Waals surface area (Å²) < 4.78 is 2.03. The zero-order valence-corrected chi connectivity index (χ0v) is 17.5. The van der Waals surface area contributed by atoms with Crippen LogP contribution in [0.2, 0.25) is 0 Å². The number of rotatable bonds is 7. The lowest BCUT2D eigenvalue weighted by atomic mass is 10.0. The van der Waals surface area contributed by atoms with E-state index in [4.69, 9.17) is 15.2 Å². The minimum absolute atomic E-state index is 0.157. The van der Waals surface area contributed by atoms with Gasteiger partial charge in [-0.3, -0.25) is 10.0 Å². The maximum atomic E-state index is 11.2. The second kappa shape index (κ2) is 9.67. The maximum absolute atomic E-state index is 11.2. The zero-order valence-electron chi connectivity index (χ0n) is 17.5. The largest absolute Gasteiger partial charge is 0.364 e. The molecule has 9 nitrogen and oxygen atoms in total. The molecule has 0 aliphatic carbocycles. The van der Waals surface area contributed by atoms with Crippen molar-refractivity contribution >= 4 is 29.0 Å². The van der Waals surface area contributed by atoms with Crippen molar-refractivity contribution in [1.82, 2.24) is 30.3 Å². The number of amides is 1. The van der Waals surface area contributed by atoms with Crippen LogP contribution in [-0.2, 0) is 17.9 Å². The monoisotopic (exact) mass is 421 g/mol. The number of carbonyl (C=O) groups excluding carboxylic acids is 1. The highest BCUT2D eigenvalue weighted by atomic mass is 16.5. The first-order valence-electron chi connectivity index (χ1n) is 10.6. The molecule has 1 atom stereocenters. The van der Waals surface area contributed by atoms with Crippen molar-refractivity contribution in [1.29, 1.82) is 0 Å². The Balaban J connectivity index is 1.58. The Bertz CT molecular complexity index is 1090. The number of fused-ring (bicyclic) bond motifs is 1. The summed E-state index contributed by atoms with van der Waals surface area (Å²) in [6.07, 6.45) is 8.11. The first-order chi connectivity index (χ1) is 15.2. The van der Waals surface area contributed by atoms with E-state index in [1.807, 2.05) is 28.8 Å². The van der Waals surface area contributed by atoms with Gasteiger partial charge in [0.05, 0.1) is 12.4 Å². The van der Waals surface area contributed by atoms with Crippen LogP contribution in [-0.4, -0.2) is 37.2 Å². The Morgan fingerprint density at radius 1 is 1.35 bits per heavy atom.